The molecular weight excluding hydrogens is 334 g/mol. The minimum absolute atomic E-state index is 0.249. The molecule has 0 aliphatic carbocycles. The number of fused-ring (bicyclic) bond motifs is 2. The van der Waals surface area contributed by atoms with Crippen molar-refractivity contribution in [1.29, 1.82) is 0 Å². The molecule has 0 radical (unpaired) electrons. The van der Waals surface area contributed by atoms with Crippen molar-refractivity contribution in [3.05, 3.63) is 35.9 Å². The monoisotopic (exact) mass is 348 g/mol. The Balaban J connectivity index is 1.55. The van der Waals surface area contributed by atoms with Gasteiger partial charge in [0.15, 0.2) is 0 Å². The number of carbonyl (C=O) groups excluding carboxylic acids is 2. The number of benzene rings is 1. The number of hydrogen-bond acceptors (Lipinski definition) is 4. The van der Waals surface area contributed by atoms with Gasteiger partial charge in [0.1, 0.15) is 29.6 Å². The molecule has 1 aromatic heterocycles. The first-order valence-electron chi connectivity index (χ1n) is 7.69. The van der Waals surface area contributed by atoms with E-state index in [-0.39, 0.29) is 11.7 Å². The number of halogens is 2. The number of aromatic nitrogens is 2. The van der Waals surface area contributed by atoms with Crippen LogP contribution >= 0.6 is 0 Å². The van der Waals surface area contributed by atoms with Gasteiger partial charge in [-0.1, -0.05) is 0 Å². The van der Waals surface area contributed by atoms with Crippen LogP contribution < -0.4 is 5.32 Å². The highest BCUT2D eigenvalue weighted by Gasteiger charge is 2.48. The average Bonchev–Trinajstić information content (AvgIpc) is 3.20. The van der Waals surface area contributed by atoms with E-state index in [4.69, 9.17) is 4.74 Å². The van der Waals surface area contributed by atoms with Gasteiger partial charge < -0.3 is 9.64 Å². The van der Waals surface area contributed by atoms with E-state index in [0.717, 1.165) is 18.2 Å². The molecule has 9 heteroatoms. The van der Waals surface area contributed by atoms with Crippen LogP contribution in [0.2, 0.25) is 0 Å². The molecule has 2 fully saturated rings. The maximum absolute atomic E-state index is 13.4. The predicted molar refractivity (Wildman–Crippen MR) is 82.6 cm³/mol. The van der Waals surface area contributed by atoms with Crippen molar-refractivity contribution in [2.45, 2.75) is 18.6 Å². The zero-order chi connectivity index (χ0) is 17.7. The summed E-state index contributed by atoms with van der Waals surface area (Å²) in [5.41, 5.74) is 0.580. The Labute approximate surface area is 141 Å². The normalized spacial score (nSPS) is 21.6. The fourth-order valence-electron chi connectivity index (χ4n) is 3.18. The maximum atomic E-state index is 13.4. The van der Waals surface area contributed by atoms with E-state index in [1.165, 1.54) is 15.6 Å². The lowest BCUT2D eigenvalue weighted by Crippen LogP contribution is -2.46. The molecule has 2 aromatic rings. The first-order valence-corrected chi connectivity index (χ1v) is 7.69. The molecule has 1 aromatic carbocycles. The fraction of sp³-hybridized carbons (Fsp3) is 0.312. The molecule has 130 valence electrons. The van der Waals surface area contributed by atoms with E-state index < -0.39 is 29.7 Å². The molecule has 2 unspecified atom stereocenters. The zero-order valence-electron chi connectivity index (χ0n) is 13.2. The van der Waals surface area contributed by atoms with Crippen LogP contribution in [0.5, 0.6) is 0 Å². The topological polar surface area (TPSA) is 76.5 Å². The van der Waals surface area contributed by atoms with Crippen LogP contribution in [0.1, 0.15) is 6.42 Å². The molecule has 2 aliphatic heterocycles. The third-order valence-electron chi connectivity index (χ3n) is 4.35. The number of amides is 2. The lowest BCUT2D eigenvalue weighted by molar-refractivity contribution is -0.149. The van der Waals surface area contributed by atoms with Crippen molar-refractivity contribution in [3.63, 3.8) is 0 Å². The molecule has 3 heterocycles. The predicted octanol–water partition coefficient (Wildman–Crippen LogP) is 1.90. The van der Waals surface area contributed by atoms with Gasteiger partial charge >= 0.3 is 12.0 Å². The van der Waals surface area contributed by atoms with E-state index >= 15 is 0 Å². The van der Waals surface area contributed by atoms with E-state index in [0.29, 0.717) is 24.5 Å². The van der Waals surface area contributed by atoms with E-state index in [9.17, 15) is 18.4 Å². The van der Waals surface area contributed by atoms with Crippen LogP contribution in [0.3, 0.4) is 0 Å². The smallest absolute Gasteiger partial charge is 0.329 e. The number of morpholine rings is 1. The molecule has 2 saturated heterocycles. The Morgan fingerprint density at radius 1 is 1.28 bits per heavy atom. The second kappa shape index (κ2) is 5.54. The van der Waals surface area contributed by atoms with Crippen molar-refractivity contribution < 1.29 is 23.1 Å². The summed E-state index contributed by atoms with van der Waals surface area (Å²) >= 11 is 0. The van der Waals surface area contributed by atoms with Crippen molar-refractivity contribution in [1.82, 2.24) is 14.7 Å². The summed E-state index contributed by atoms with van der Waals surface area (Å²) in [6.45, 7) is 0.349. The second-order valence-electron chi connectivity index (χ2n) is 6.09. The molecular formula is C16H14F2N4O3. The van der Waals surface area contributed by atoms with Gasteiger partial charge in [-0.2, -0.15) is 5.10 Å². The molecule has 0 saturated carbocycles. The summed E-state index contributed by atoms with van der Waals surface area (Å²) in [7, 11) is 1.60. The van der Waals surface area contributed by atoms with Gasteiger partial charge in [0.25, 0.3) is 0 Å². The van der Waals surface area contributed by atoms with Gasteiger partial charge in [-0.15, -0.1) is 0 Å². The van der Waals surface area contributed by atoms with Gasteiger partial charge in [-0.25, -0.2) is 18.4 Å². The number of likely N-dealkylation sites (tertiary alicyclic amines) is 1. The fourth-order valence-corrected chi connectivity index (χ4v) is 3.18. The quantitative estimate of drug-likeness (QED) is 0.841. The Kier molecular flexibility index (Phi) is 3.45. The summed E-state index contributed by atoms with van der Waals surface area (Å²) in [6, 6.07) is 3.60. The number of hydrogen-bond donors (Lipinski definition) is 1. The summed E-state index contributed by atoms with van der Waals surface area (Å²) < 4.78 is 33.2. The van der Waals surface area contributed by atoms with E-state index in [2.05, 4.69) is 10.4 Å². The minimum Gasteiger partial charge on any atom is -0.459 e. The summed E-state index contributed by atoms with van der Waals surface area (Å²) in [4.78, 5) is 25.4. The number of urea groups is 1. The molecule has 25 heavy (non-hydrogen) atoms. The largest absolute Gasteiger partial charge is 0.459 e. The zero-order valence-corrected chi connectivity index (χ0v) is 13.2. The molecule has 7 nitrogen and oxygen atoms in total. The second-order valence-corrected chi connectivity index (χ2v) is 6.09. The molecule has 2 bridgehead atoms. The molecule has 0 spiro atoms. The van der Waals surface area contributed by atoms with E-state index in [1.54, 1.807) is 7.05 Å². The number of ether oxygens (including phenoxy) is 1. The van der Waals surface area contributed by atoms with Crippen LogP contribution in [0.25, 0.3) is 11.3 Å². The highest BCUT2D eigenvalue weighted by atomic mass is 19.1. The number of anilines is 1. The highest BCUT2D eigenvalue weighted by molar-refractivity contribution is 5.94. The number of nitrogens with zero attached hydrogens (tertiary/aromatic N) is 3. The highest BCUT2D eigenvalue weighted by Crippen LogP contribution is 2.30. The van der Waals surface area contributed by atoms with Crippen LogP contribution in [0.15, 0.2) is 24.3 Å². The van der Waals surface area contributed by atoms with Gasteiger partial charge in [0.05, 0.1) is 12.2 Å². The summed E-state index contributed by atoms with van der Waals surface area (Å²) in [6.07, 6.45) is 0.256. The summed E-state index contributed by atoms with van der Waals surface area (Å²) in [5.74, 6) is -1.47. The molecule has 2 amide bonds. The Morgan fingerprint density at radius 2 is 2.00 bits per heavy atom. The van der Waals surface area contributed by atoms with Gasteiger partial charge in [-0.05, 0) is 12.1 Å². The minimum atomic E-state index is -0.710. The molecule has 2 atom stereocenters. The Bertz CT molecular complexity index is 862. The van der Waals surface area contributed by atoms with Crippen LogP contribution in [0.4, 0.5) is 19.4 Å². The van der Waals surface area contributed by atoms with Crippen molar-refractivity contribution in [3.8, 4) is 11.3 Å². The Morgan fingerprint density at radius 3 is 2.64 bits per heavy atom. The van der Waals surface area contributed by atoms with Crippen molar-refractivity contribution in [2.24, 2.45) is 7.05 Å². The van der Waals surface area contributed by atoms with Gasteiger partial charge in [0.2, 0.25) is 0 Å². The molecule has 4 rings (SSSR count). The number of nitrogens with one attached hydrogen (secondary N) is 1. The Hall–Kier alpha value is -2.97. The van der Waals surface area contributed by atoms with Crippen LogP contribution in [-0.2, 0) is 16.6 Å². The lowest BCUT2D eigenvalue weighted by Gasteiger charge is -2.25. The number of rotatable bonds is 2. The third kappa shape index (κ3) is 2.71. The van der Waals surface area contributed by atoms with Gasteiger partial charge in [0, 0.05) is 31.2 Å². The van der Waals surface area contributed by atoms with E-state index in [1.807, 2.05) is 0 Å². The molecule has 2 aliphatic rings. The SMILES string of the molecule is Cn1nc(-c2cc(F)cc(F)c2)cc1NC(=O)N1CC2CC1C(=O)O2. The standard InChI is InChI=1S/C16H14F2N4O3/c1-21-14(6-12(20-21)8-2-9(17)4-10(18)3-8)19-16(24)22-7-11-5-13(22)15(23)25-11/h2-4,6,11,13H,5,7H2,1H3,(H,19,24). The third-order valence-corrected chi connectivity index (χ3v) is 4.35. The van der Waals surface area contributed by atoms with Crippen LogP contribution in [0, 0.1) is 11.6 Å². The lowest BCUT2D eigenvalue weighted by atomic mass is 10.1. The van der Waals surface area contributed by atoms with Gasteiger partial charge in [-0.3, -0.25) is 10.00 Å². The number of carbonyl (C=O) groups is 2. The maximum Gasteiger partial charge on any atom is 0.329 e. The number of esters is 1. The van der Waals surface area contributed by atoms with Crippen molar-refractivity contribution in [2.75, 3.05) is 11.9 Å². The average molecular weight is 348 g/mol. The first kappa shape index (κ1) is 15.6. The van der Waals surface area contributed by atoms with Crippen LogP contribution in [-0.4, -0.2) is 45.4 Å². The van der Waals surface area contributed by atoms with Crippen molar-refractivity contribution >= 4 is 17.8 Å². The number of aryl methyl sites for hydroxylation is 1. The summed E-state index contributed by atoms with van der Waals surface area (Å²) in [5, 5.41) is 6.83. The molecule has 1 N–H and O–H groups in total. The first-order chi connectivity index (χ1) is 11.9.